The maximum Gasteiger partial charge on any atom is 0.168 e. The van der Waals surface area contributed by atoms with Gasteiger partial charge in [0, 0.05) is 17.4 Å². The fraction of sp³-hybridized carbons (Fsp3) is 0.267. The lowest BCUT2D eigenvalue weighted by atomic mass is 10.0. The lowest BCUT2D eigenvalue weighted by molar-refractivity contribution is 0.0993. The van der Waals surface area contributed by atoms with Gasteiger partial charge in [0.2, 0.25) is 0 Å². The third kappa shape index (κ3) is 2.43. The molecule has 0 unspecified atom stereocenters. The molecule has 0 bridgehead atoms. The van der Waals surface area contributed by atoms with E-state index < -0.39 is 0 Å². The second kappa shape index (κ2) is 4.98. The van der Waals surface area contributed by atoms with Crippen molar-refractivity contribution in [2.45, 2.75) is 25.7 Å². The molecule has 1 nitrogen and oxygen atoms in total. The van der Waals surface area contributed by atoms with Gasteiger partial charge >= 0.3 is 0 Å². The summed E-state index contributed by atoms with van der Waals surface area (Å²) in [7, 11) is 0. The molecule has 1 aliphatic carbocycles. The first-order valence-electron chi connectivity index (χ1n) is 6.10. The molecule has 0 atom stereocenters. The zero-order chi connectivity index (χ0) is 12.5. The van der Waals surface area contributed by atoms with Crippen molar-refractivity contribution in [2.24, 2.45) is 0 Å². The van der Waals surface area contributed by atoms with Gasteiger partial charge in [0.05, 0.1) is 3.79 Å². The molecule has 2 aromatic rings. The highest BCUT2D eigenvalue weighted by molar-refractivity contribution is 9.11. The Kier molecular flexibility index (Phi) is 3.35. The first-order chi connectivity index (χ1) is 8.72. The molecule has 3 rings (SSSR count). The van der Waals surface area contributed by atoms with E-state index in [2.05, 4.69) is 34.1 Å². The fourth-order valence-electron chi connectivity index (χ4n) is 2.48. The van der Waals surface area contributed by atoms with Crippen molar-refractivity contribution >= 4 is 33.0 Å². The third-order valence-corrected chi connectivity index (χ3v) is 4.92. The Morgan fingerprint density at radius 1 is 1.22 bits per heavy atom. The molecule has 0 saturated heterocycles. The van der Waals surface area contributed by atoms with Crippen LogP contribution >= 0.6 is 27.3 Å². The van der Waals surface area contributed by atoms with E-state index in [1.54, 1.807) is 11.3 Å². The van der Waals surface area contributed by atoms with Crippen molar-refractivity contribution < 1.29 is 4.79 Å². The van der Waals surface area contributed by atoms with Crippen molar-refractivity contribution in [3.63, 3.8) is 0 Å². The monoisotopic (exact) mass is 320 g/mol. The molecule has 0 N–H and O–H groups in total. The molecule has 0 fully saturated rings. The van der Waals surface area contributed by atoms with Gasteiger partial charge in [-0.25, -0.2) is 0 Å². The fourth-order valence-corrected chi connectivity index (χ4v) is 3.64. The summed E-state index contributed by atoms with van der Waals surface area (Å²) in [6.07, 6.45) is 4.13. The number of hydrogen-bond acceptors (Lipinski definition) is 2. The van der Waals surface area contributed by atoms with Crippen molar-refractivity contribution in [3.8, 4) is 0 Å². The smallest absolute Gasteiger partial charge is 0.168 e. The highest BCUT2D eigenvalue weighted by Crippen LogP contribution is 2.25. The molecular formula is C15H13BrOS. The third-order valence-electron chi connectivity index (χ3n) is 3.42. The zero-order valence-corrected chi connectivity index (χ0v) is 12.3. The van der Waals surface area contributed by atoms with Gasteiger partial charge in [-0.15, -0.1) is 11.3 Å². The number of ketones is 1. The molecule has 18 heavy (non-hydrogen) atoms. The molecule has 92 valence electrons. The van der Waals surface area contributed by atoms with E-state index in [4.69, 9.17) is 0 Å². The molecule has 1 aromatic carbocycles. The highest BCUT2D eigenvalue weighted by atomic mass is 79.9. The average Bonchev–Trinajstić information content (AvgIpc) is 2.96. The van der Waals surface area contributed by atoms with Crippen LogP contribution in [-0.4, -0.2) is 5.78 Å². The number of halogens is 1. The molecule has 0 amide bonds. The van der Waals surface area contributed by atoms with Gasteiger partial charge in [-0.05, 0) is 57.9 Å². The van der Waals surface area contributed by atoms with Gasteiger partial charge < -0.3 is 0 Å². The molecule has 0 saturated carbocycles. The van der Waals surface area contributed by atoms with E-state index in [9.17, 15) is 4.79 Å². The molecule has 1 aromatic heterocycles. The van der Waals surface area contributed by atoms with E-state index in [0.717, 1.165) is 14.9 Å². The Morgan fingerprint density at radius 3 is 2.83 bits per heavy atom. The second-order valence-corrected chi connectivity index (χ2v) is 6.99. The first-order valence-corrected chi connectivity index (χ1v) is 7.77. The van der Waals surface area contributed by atoms with Crippen LogP contribution < -0.4 is 0 Å². The highest BCUT2D eigenvalue weighted by Gasteiger charge is 2.13. The van der Waals surface area contributed by atoms with Crippen LogP contribution in [-0.2, 0) is 19.3 Å². The summed E-state index contributed by atoms with van der Waals surface area (Å²) in [4.78, 5) is 12.1. The molecule has 1 aliphatic rings. The lowest BCUT2D eigenvalue weighted by Crippen LogP contribution is -2.02. The Labute approximate surface area is 119 Å². The van der Waals surface area contributed by atoms with Crippen LogP contribution in [0.3, 0.4) is 0 Å². The van der Waals surface area contributed by atoms with E-state index in [0.29, 0.717) is 6.42 Å². The Hall–Kier alpha value is -0.930. The largest absolute Gasteiger partial charge is 0.294 e. The Morgan fingerprint density at radius 2 is 2.06 bits per heavy atom. The van der Waals surface area contributed by atoms with Crippen LogP contribution in [0.4, 0.5) is 0 Å². The van der Waals surface area contributed by atoms with Crippen LogP contribution in [0.2, 0.25) is 0 Å². The Bertz CT molecular complexity index is 600. The molecule has 0 spiro atoms. The maximum atomic E-state index is 12.1. The van der Waals surface area contributed by atoms with Gasteiger partial charge in [0.25, 0.3) is 0 Å². The molecule has 1 heterocycles. The normalized spacial score (nSPS) is 13.6. The van der Waals surface area contributed by atoms with E-state index in [1.807, 2.05) is 11.4 Å². The second-order valence-electron chi connectivity index (χ2n) is 4.70. The summed E-state index contributed by atoms with van der Waals surface area (Å²) in [5, 5.41) is 1.92. The van der Waals surface area contributed by atoms with Gasteiger partial charge in [-0.2, -0.15) is 0 Å². The number of aryl methyl sites for hydroxylation is 2. The van der Waals surface area contributed by atoms with Gasteiger partial charge in [-0.1, -0.05) is 18.2 Å². The predicted molar refractivity (Wildman–Crippen MR) is 78.5 cm³/mol. The quantitative estimate of drug-likeness (QED) is 0.765. The number of rotatable bonds is 3. The molecule has 0 aliphatic heterocycles. The van der Waals surface area contributed by atoms with E-state index >= 15 is 0 Å². The minimum atomic E-state index is 0.204. The molecule has 3 heteroatoms. The summed E-state index contributed by atoms with van der Waals surface area (Å²) in [6.45, 7) is 0. The van der Waals surface area contributed by atoms with Gasteiger partial charge in [0.1, 0.15) is 0 Å². The topological polar surface area (TPSA) is 17.1 Å². The minimum absolute atomic E-state index is 0.204. The van der Waals surface area contributed by atoms with Crippen LogP contribution in [0.15, 0.2) is 33.4 Å². The first kappa shape index (κ1) is 12.1. The number of Topliss-reactive ketones (excluding diaryl/α,β-unsaturated/α-hetero) is 1. The summed E-state index contributed by atoms with van der Waals surface area (Å²) in [5.41, 5.74) is 4.85. The number of thiophene rings is 1. The molecule has 0 radical (unpaired) electrons. The van der Waals surface area contributed by atoms with Crippen LogP contribution in [0.1, 0.15) is 33.5 Å². The van der Waals surface area contributed by atoms with E-state index in [-0.39, 0.29) is 5.78 Å². The van der Waals surface area contributed by atoms with Crippen LogP contribution in [0.25, 0.3) is 0 Å². The van der Waals surface area contributed by atoms with Gasteiger partial charge in [-0.3, -0.25) is 4.79 Å². The number of carbonyl (C=O) groups excluding carboxylic acids is 1. The molecular weight excluding hydrogens is 308 g/mol. The van der Waals surface area contributed by atoms with E-state index in [1.165, 1.54) is 30.4 Å². The number of carbonyl (C=O) groups is 1. The number of benzene rings is 1. The minimum Gasteiger partial charge on any atom is -0.294 e. The van der Waals surface area contributed by atoms with Crippen molar-refractivity contribution in [2.75, 3.05) is 0 Å². The average molecular weight is 321 g/mol. The van der Waals surface area contributed by atoms with Gasteiger partial charge in [0.15, 0.2) is 5.78 Å². The predicted octanol–water partition coefficient (Wildman–Crippen LogP) is 4.42. The summed E-state index contributed by atoms with van der Waals surface area (Å²) >= 11 is 4.95. The number of fused-ring (bicyclic) bond motifs is 1. The lowest BCUT2D eigenvalue weighted by Gasteiger charge is -2.03. The van der Waals surface area contributed by atoms with Crippen molar-refractivity contribution in [1.82, 2.24) is 0 Å². The summed E-state index contributed by atoms with van der Waals surface area (Å²) in [5.74, 6) is 0.204. The van der Waals surface area contributed by atoms with Crippen molar-refractivity contribution in [1.29, 1.82) is 0 Å². The standard InChI is InChI=1S/C15H13BrOS/c16-15-8-13(9-18-15)14(17)7-10-4-5-11-2-1-3-12(11)6-10/h4-6,8-9H,1-3,7H2. The van der Waals surface area contributed by atoms with Crippen molar-refractivity contribution in [3.05, 3.63) is 55.7 Å². The summed E-state index contributed by atoms with van der Waals surface area (Å²) in [6, 6.07) is 8.40. The SMILES string of the molecule is O=C(Cc1ccc2c(c1)CCC2)c1csc(Br)c1. The van der Waals surface area contributed by atoms with Crippen LogP contribution in [0, 0.1) is 0 Å². The maximum absolute atomic E-state index is 12.1. The number of hydrogen-bond donors (Lipinski definition) is 0. The zero-order valence-electron chi connectivity index (χ0n) is 9.91. The Balaban J connectivity index is 1.78. The van der Waals surface area contributed by atoms with Crippen LogP contribution in [0.5, 0.6) is 0 Å². The summed E-state index contributed by atoms with van der Waals surface area (Å²) < 4.78 is 1.01.